The van der Waals surface area contributed by atoms with Crippen LogP contribution < -0.4 is 0 Å². The molecule has 0 radical (unpaired) electrons. The lowest BCUT2D eigenvalue weighted by Gasteiger charge is -2.16. The van der Waals surface area contributed by atoms with Gasteiger partial charge in [-0.15, -0.1) is 0 Å². The molecule has 0 aliphatic rings. The first-order chi connectivity index (χ1) is 7.06. The minimum atomic E-state index is -0.968. The van der Waals surface area contributed by atoms with E-state index < -0.39 is 18.0 Å². The highest BCUT2D eigenvalue weighted by molar-refractivity contribution is 5.72. The van der Waals surface area contributed by atoms with Gasteiger partial charge in [-0.3, -0.25) is 4.79 Å². The van der Waals surface area contributed by atoms with Gasteiger partial charge in [0.15, 0.2) is 0 Å². The lowest BCUT2D eigenvalue weighted by Crippen LogP contribution is -2.20. The number of hydrogen-bond donors (Lipinski definition) is 2. The zero-order valence-electron chi connectivity index (χ0n) is 8.68. The van der Waals surface area contributed by atoms with Crippen LogP contribution >= 0.6 is 0 Å². The van der Waals surface area contributed by atoms with E-state index in [0.717, 1.165) is 0 Å². The number of methoxy groups -OCH3 is 1. The predicted molar refractivity (Wildman–Crippen MR) is 54.2 cm³/mol. The Morgan fingerprint density at radius 2 is 2.13 bits per heavy atom. The Morgan fingerprint density at radius 1 is 1.47 bits per heavy atom. The molecule has 4 heteroatoms. The molecule has 0 saturated heterocycles. The van der Waals surface area contributed by atoms with Gasteiger partial charge in [0.25, 0.3) is 0 Å². The highest BCUT2D eigenvalue weighted by Gasteiger charge is 2.24. The van der Waals surface area contributed by atoms with Gasteiger partial charge in [-0.1, -0.05) is 12.1 Å². The highest BCUT2D eigenvalue weighted by Crippen LogP contribution is 2.25. The van der Waals surface area contributed by atoms with Crippen molar-refractivity contribution in [1.29, 1.82) is 0 Å². The van der Waals surface area contributed by atoms with E-state index in [0.29, 0.717) is 5.56 Å². The van der Waals surface area contributed by atoms with E-state index >= 15 is 0 Å². The standard InChI is InChI=1S/C11H14O4/c1-7(11(14)15-2)10(13)8-4-3-5-9(12)6-8/h3-7,10,12-13H,1-2H3/t7-,10+/m0/s1. The molecule has 4 nitrogen and oxygen atoms in total. The molecule has 0 aromatic heterocycles. The largest absolute Gasteiger partial charge is 0.508 e. The monoisotopic (exact) mass is 210 g/mol. The van der Waals surface area contributed by atoms with Crippen LogP contribution in [0.1, 0.15) is 18.6 Å². The van der Waals surface area contributed by atoms with Crippen molar-refractivity contribution in [3.63, 3.8) is 0 Å². The highest BCUT2D eigenvalue weighted by atomic mass is 16.5. The molecule has 0 spiro atoms. The number of hydrogen-bond acceptors (Lipinski definition) is 4. The Labute approximate surface area is 88.1 Å². The summed E-state index contributed by atoms with van der Waals surface area (Å²) < 4.78 is 4.52. The fourth-order valence-electron chi connectivity index (χ4n) is 1.31. The van der Waals surface area contributed by atoms with Crippen LogP contribution in [0.5, 0.6) is 5.75 Å². The zero-order chi connectivity index (χ0) is 11.4. The number of ether oxygens (including phenoxy) is 1. The lowest BCUT2D eigenvalue weighted by atomic mass is 9.97. The topological polar surface area (TPSA) is 66.8 Å². The van der Waals surface area contributed by atoms with E-state index in [2.05, 4.69) is 4.74 Å². The maximum absolute atomic E-state index is 11.2. The van der Waals surface area contributed by atoms with E-state index in [1.165, 1.54) is 19.2 Å². The van der Waals surface area contributed by atoms with Gasteiger partial charge in [0.05, 0.1) is 19.1 Å². The van der Waals surface area contributed by atoms with Gasteiger partial charge < -0.3 is 14.9 Å². The SMILES string of the molecule is COC(=O)[C@@H](C)[C@@H](O)c1cccc(O)c1. The minimum Gasteiger partial charge on any atom is -0.508 e. The van der Waals surface area contributed by atoms with Crippen molar-refractivity contribution in [2.75, 3.05) is 7.11 Å². The molecular weight excluding hydrogens is 196 g/mol. The molecule has 0 unspecified atom stereocenters. The molecule has 2 atom stereocenters. The van der Waals surface area contributed by atoms with Gasteiger partial charge in [0.1, 0.15) is 5.75 Å². The van der Waals surface area contributed by atoms with Crippen LogP contribution in [0.4, 0.5) is 0 Å². The van der Waals surface area contributed by atoms with Gasteiger partial charge in [-0.05, 0) is 24.6 Å². The molecule has 0 amide bonds. The summed E-state index contributed by atoms with van der Waals surface area (Å²) in [5.41, 5.74) is 0.493. The normalized spacial score (nSPS) is 14.3. The van der Waals surface area contributed by atoms with E-state index in [1.807, 2.05) is 0 Å². The van der Waals surface area contributed by atoms with Gasteiger partial charge in [0, 0.05) is 0 Å². The van der Waals surface area contributed by atoms with Gasteiger partial charge in [-0.25, -0.2) is 0 Å². The first kappa shape index (κ1) is 11.5. The van der Waals surface area contributed by atoms with Crippen molar-refractivity contribution in [1.82, 2.24) is 0 Å². The number of aromatic hydroxyl groups is 1. The number of carbonyl (C=O) groups is 1. The molecule has 2 N–H and O–H groups in total. The van der Waals surface area contributed by atoms with Crippen molar-refractivity contribution in [2.45, 2.75) is 13.0 Å². The van der Waals surface area contributed by atoms with Gasteiger partial charge in [0.2, 0.25) is 0 Å². The molecule has 0 bridgehead atoms. The molecule has 82 valence electrons. The first-order valence-corrected chi connectivity index (χ1v) is 4.61. The van der Waals surface area contributed by atoms with Crippen LogP contribution in [0.3, 0.4) is 0 Å². The summed E-state index contributed by atoms with van der Waals surface area (Å²) in [7, 11) is 1.27. The van der Waals surface area contributed by atoms with Crippen molar-refractivity contribution >= 4 is 5.97 Å². The van der Waals surface area contributed by atoms with Gasteiger partial charge >= 0.3 is 5.97 Å². The van der Waals surface area contributed by atoms with Crippen LogP contribution in [-0.2, 0) is 9.53 Å². The number of esters is 1. The molecule has 1 aromatic carbocycles. The summed E-state index contributed by atoms with van der Waals surface area (Å²) in [6.45, 7) is 1.57. The Kier molecular flexibility index (Phi) is 3.68. The summed E-state index contributed by atoms with van der Waals surface area (Å²) >= 11 is 0. The third-order valence-corrected chi connectivity index (χ3v) is 2.26. The fraction of sp³-hybridized carbons (Fsp3) is 0.364. The molecule has 0 fully saturated rings. The number of phenolic OH excluding ortho intramolecular Hbond substituents is 1. The van der Waals surface area contributed by atoms with Crippen LogP contribution in [-0.4, -0.2) is 23.3 Å². The Morgan fingerprint density at radius 3 is 2.67 bits per heavy atom. The van der Waals surface area contributed by atoms with Crippen LogP contribution in [0.2, 0.25) is 0 Å². The zero-order valence-corrected chi connectivity index (χ0v) is 8.68. The molecule has 0 saturated carbocycles. The average Bonchev–Trinajstić information content (AvgIpc) is 2.26. The van der Waals surface area contributed by atoms with Crippen LogP contribution in [0.25, 0.3) is 0 Å². The third-order valence-electron chi connectivity index (χ3n) is 2.26. The summed E-state index contributed by atoms with van der Waals surface area (Å²) in [5, 5.41) is 19.0. The number of phenols is 1. The third kappa shape index (κ3) is 2.70. The Hall–Kier alpha value is -1.55. The predicted octanol–water partition coefficient (Wildman–Crippen LogP) is 1.23. The van der Waals surface area contributed by atoms with Crippen molar-refractivity contribution in [3.8, 4) is 5.75 Å². The number of rotatable bonds is 3. The molecule has 0 aliphatic heterocycles. The molecular formula is C11H14O4. The molecule has 0 aliphatic carbocycles. The van der Waals surface area contributed by atoms with Crippen molar-refractivity contribution in [2.24, 2.45) is 5.92 Å². The molecule has 15 heavy (non-hydrogen) atoms. The molecule has 1 rings (SSSR count). The van der Waals surface area contributed by atoms with E-state index in [1.54, 1.807) is 19.1 Å². The second kappa shape index (κ2) is 4.79. The fourth-order valence-corrected chi connectivity index (χ4v) is 1.31. The smallest absolute Gasteiger partial charge is 0.311 e. The quantitative estimate of drug-likeness (QED) is 0.736. The summed E-state index contributed by atoms with van der Waals surface area (Å²) in [5.74, 6) is -1.08. The molecule has 0 heterocycles. The second-order valence-electron chi connectivity index (χ2n) is 3.35. The van der Waals surface area contributed by atoms with E-state index in [4.69, 9.17) is 0 Å². The average molecular weight is 210 g/mol. The number of benzene rings is 1. The molecule has 1 aromatic rings. The number of carbonyl (C=O) groups excluding carboxylic acids is 1. The van der Waals surface area contributed by atoms with Crippen molar-refractivity contribution in [3.05, 3.63) is 29.8 Å². The summed E-state index contributed by atoms with van der Waals surface area (Å²) in [6, 6.07) is 6.17. The van der Waals surface area contributed by atoms with E-state index in [-0.39, 0.29) is 5.75 Å². The Bertz CT molecular complexity index is 348. The number of aliphatic hydroxyl groups is 1. The van der Waals surface area contributed by atoms with E-state index in [9.17, 15) is 15.0 Å². The summed E-state index contributed by atoms with van der Waals surface area (Å²) in [4.78, 5) is 11.2. The van der Waals surface area contributed by atoms with Crippen LogP contribution in [0.15, 0.2) is 24.3 Å². The van der Waals surface area contributed by atoms with Gasteiger partial charge in [-0.2, -0.15) is 0 Å². The Balaban J connectivity index is 2.84. The first-order valence-electron chi connectivity index (χ1n) is 4.61. The lowest BCUT2D eigenvalue weighted by molar-refractivity contribution is -0.148. The maximum atomic E-state index is 11.2. The number of aliphatic hydroxyl groups excluding tert-OH is 1. The van der Waals surface area contributed by atoms with Crippen LogP contribution in [0, 0.1) is 5.92 Å². The maximum Gasteiger partial charge on any atom is 0.311 e. The summed E-state index contributed by atoms with van der Waals surface area (Å²) in [6.07, 6.45) is -0.968. The van der Waals surface area contributed by atoms with Crippen molar-refractivity contribution < 1.29 is 19.7 Å². The minimum absolute atomic E-state index is 0.0589. The second-order valence-corrected chi connectivity index (χ2v) is 3.35.